The quantitative estimate of drug-likeness (QED) is 0.589. The fourth-order valence-electron chi connectivity index (χ4n) is 5.60. The van der Waals surface area contributed by atoms with E-state index in [1.54, 1.807) is 0 Å². The highest BCUT2D eigenvalue weighted by Gasteiger charge is 2.33. The van der Waals surface area contributed by atoms with Crippen LogP contribution in [0.15, 0.2) is 36.4 Å². The molecule has 4 rings (SSSR count). The summed E-state index contributed by atoms with van der Waals surface area (Å²) in [5, 5.41) is 7.36. The highest BCUT2D eigenvalue weighted by atomic mass is 32.1. The summed E-state index contributed by atoms with van der Waals surface area (Å²) in [6.07, 6.45) is 7.54. The van der Waals surface area contributed by atoms with E-state index in [0.29, 0.717) is 22.9 Å². The standard InChI is InChI=1S/C26H37N5S/c1-19-14-20(2)17-31(16-19)23-15-21(3)28-24(29-23)30-25(32)27-18-26(12-8-5-9-13-26)22-10-6-4-7-11-22/h4,6-7,10-11,15,19-20H,5,8-9,12-14,16-18H2,1-3H3,(H2,27,28,29,30,32). The number of thiocarbonyl (C=S) groups is 1. The number of aryl methyl sites for hydroxylation is 1. The molecule has 2 N–H and O–H groups in total. The van der Waals surface area contributed by atoms with Gasteiger partial charge in [0.25, 0.3) is 0 Å². The average molecular weight is 452 g/mol. The van der Waals surface area contributed by atoms with E-state index < -0.39 is 0 Å². The van der Waals surface area contributed by atoms with Gasteiger partial charge in [-0.1, -0.05) is 63.4 Å². The van der Waals surface area contributed by atoms with Crippen LogP contribution >= 0.6 is 12.2 Å². The number of hydrogen-bond donors (Lipinski definition) is 2. The van der Waals surface area contributed by atoms with Gasteiger partial charge in [-0.05, 0) is 55.8 Å². The van der Waals surface area contributed by atoms with Gasteiger partial charge in [-0.3, -0.25) is 0 Å². The lowest BCUT2D eigenvalue weighted by Gasteiger charge is -2.38. The molecule has 172 valence electrons. The molecule has 2 unspecified atom stereocenters. The molecule has 1 saturated heterocycles. The Morgan fingerprint density at radius 1 is 1.06 bits per heavy atom. The SMILES string of the molecule is Cc1cc(N2CC(C)CC(C)C2)nc(NC(=S)NCC2(c3ccccc3)CCCCC2)n1. The summed E-state index contributed by atoms with van der Waals surface area (Å²) in [4.78, 5) is 11.8. The zero-order chi connectivity index (χ0) is 22.6. The highest BCUT2D eigenvalue weighted by Crippen LogP contribution is 2.39. The average Bonchev–Trinajstić information content (AvgIpc) is 2.78. The van der Waals surface area contributed by atoms with E-state index in [-0.39, 0.29) is 5.41 Å². The molecular formula is C26H37N5S. The third-order valence-corrected chi connectivity index (χ3v) is 7.29. The number of nitrogens with zero attached hydrogens (tertiary/aromatic N) is 3. The first-order valence-corrected chi connectivity index (χ1v) is 12.6. The van der Waals surface area contributed by atoms with Crippen LogP contribution in [0.3, 0.4) is 0 Å². The molecule has 5 nitrogen and oxygen atoms in total. The molecule has 0 spiro atoms. The Morgan fingerprint density at radius 3 is 2.44 bits per heavy atom. The zero-order valence-electron chi connectivity index (χ0n) is 19.7. The van der Waals surface area contributed by atoms with Gasteiger partial charge >= 0.3 is 0 Å². The van der Waals surface area contributed by atoms with Crippen molar-refractivity contribution in [2.75, 3.05) is 29.9 Å². The van der Waals surface area contributed by atoms with Crippen LogP contribution in [-0.4, -0.2) is 34.7 Å². The highest BCUT2D eigenvalue weighted by molar-refractivity contribution is 7.80. The number of anilines is 2. The molecule has 6 heteroatoms. The Morgan fingerprint density at radius 2 is 1.75 bits per heavy atom. The summed E-state index contributed by atoms with van der Waals surface area (Å²) in [5.74, 6) is 2.94. The van der Waals surface area contributed by atoms with Crippen molar-refractivity contribution in [3.05, 3.63) is 47.7 Å². The lowest BCUT2D eigenvalue weighted by molar-refractivity contribution is 0.292. The smallest absolute Gasteiger partial charge is 0.231 e. The summed E-state index contributed by atoms with van der Waals surface area (Å²) >= 11 is 5.67. The monoisotopic (exact) mass is 451 g/mol. The fraction of sp³-hybridized carbons (Fsp3) is 0.577. The van der Waals surface area contributed by atoms with Crippen LogP contribution in [-0.2, 0) is 5.41 Å². The summed E-state index contributed by atoms with van der Waals surface area (Å²) in [6, 6.07) is 13.0. The van der Waals surface area contributed by atoms with E-state index in [2.05, 4.69) is 70.8 Å². The topological polar surface area (TPSA) is 53.1 Å². The Hall–Kier alpha value is -2.21. The van der Waals surface area contributed by atoms with Crippen LogP contribution in [0.1, 0.15) is 63.6 Å². The van der Waals surface area contributed by atoms with Crippen molar-refractivity contribution in [1.29, 1.82) is 0 Å². The second-order valence-electron chi connectivity index (χ2n) is 10.1. The third-order valence-electron chi connectivity index (χ3n) is 7.04. The van der Waals surface area contributed by atoms with Gasteiger partial charge in [0.1, 0.15) is 5.82 Å². The van der Waals surface area contributed by atoms with E-state index in [1.807, 2.05) is 6.92 Å². The number of rotatable bonds is 5. The number of benzene rings is 1. The molecule has 2 aliphatic rings. The maximum absolute atomic E-state index is 5.67. The number of hydrogen-bond acceptors (Lipinski definition) is 4. The van der Waals surface area contributed by atoms with Crippen LogP contribution in [0.5, 0.6) is 0 Å². The lowest BCUT2D eigenvalue weighted by atomic mass is 9.69. The van der Waals surface area contributed by atoms with E-state index in [9.17, 15) is 0 Å². The fourth-order valence-corrected chi connectivity index (χ4v) is 5.77. The normalized spacial score (nSPS) is 22.9. The van der Waals surface area contributed by atoms with Gasteiger partial charge in [0.05, 0.1) is 0 Å². The molecule has 1 aromatic carbocycles. The molecule has 1 aliphatic carbocycles. The maximum atomic E-state index is 5.67. The number of piperidine rings is 1. The van der Waals surface area contributed by atoms with E-state index in [1.165, 1.54) is 44.1 Å². The second kappa shape index (κ2) is 10.2. The van der Waals surface area contributed by atoms with Crippen molar-refractivity contribution in [2.45, 2.75) is 64.7 Å². The summed E-state index contributed by atoms with van der Waals surface area (Å²) in [7, 11) is 0. The predicted molar refractivity (Wildman–Crippen MR) is 137 cm³/mol. The molecule has 2 heterocycles. The Bertz CT molecular complexity index is 900. The van der Waals surface area contributed by atoms with Crippen LogP contribution in [0, 0.1) is 18.8 Å². The Kier molecular flexibility index (Phi) is 7.29. The first-order chi connectivity index (χ1) is 15.4. The first kappa shape index (κ1) is 23.0. The lowest BCUT2D eigenvalue weighted by Crippen LogP contribution is -2.43. The van der Waals surface area contributed by atoms with Crippen LogP contribution < -0.4 is 15.5 Å². The maximum Gasteiger partial charge on any atom is 0.231 e. The molecule has 2 fully saturated rings. The molecule has 2 aromatic rings. The van der Waals surface area contributed by atoms with Crippen molar-refractivity contribution in [2.24, 2.45) is 11.8 Å². The molecule has 0 bridgehead atoms. The summed E-state index contributed by atoms with van der Waals surface area (Å²) < 4.78 is 0. The van der Waals surface area contributed by atoms with Crippen LogP contribution in [0.2, 0.25) is 0 Å². The molecule has 2 atom stereocenters. The van der Waals surface area contributed by atoms with Crippen molar-refractivity contribution >= 4 is 29.1 Å². The molecule has 1 aliphatic heterocycles. The summed E-state index contributed by atoms with van der Waals surface area (Å²) in [5.41, 5.74) is 2.51. The van der Waals surface area contributed by atoms with Gasteiger partial charge in [-0.2, -0.15) is 4.98 Å². The van der Waals surface area contributed by atoms with Gasteiger partial charge in [0.2, 0.25) is 5.95 Å². The molecule has 32 heavy (non-hydrogen) atoms. The number of nitrogens with one attached hydrogen (secondary N) is 2. The minimum absolute atomic E-state index is 0.143. The molecule has 1 saturated carbocycles. The second-order valence-corrected chi connectivity index (χ2v) is 10.5. The number of aromatic nitrogens is 2. The van der Waals surface area contributed by atoms with Gasteiger partial charge in [-0.15, -0.1) is 0 Å². The molecule has 0 radical (unpaired) electrons. The van der Waals surface area contributed by atoms with E-state index in [4.69, 9.17) is 17.2 Å². The Balaban J connectivity index is 1.43. The van der Waals surface area contributed by atoms with Crippen LogP contribution in [0.25, 0.3) is 0 Å². The molecule has 1 aromatic heterocycles. The van der Waals surface area contributed by atoms with Gasteiger partial charge < -0.3 is 15.5 Å². The minimum atomic E-state index is 0.143. The molecule has 0 amide bonds. The van der Waals surface area contributed by atoms with Gasteiger partial charge in [0.15, 0.2) is 5.11 Å². The van der Waals surface area contributed by atoms with Gasteiger partial charge in [0, 0.05) is 36.8 Å². The van der Waals surface area contributed by atoms with Crippen molar-refractivity contribution in [3.63, 3.8) is 0 Å². The van der Waals surface area contributed by atoms with Crippen molar-refractivity contribution in [3.8, 4) is 0 Å². The van der Waals surface area contributed by atoms with E-state index in [0.717, 1.165) is 31.1 Å². The summed E-state index contributed by atoms with van der Waals surface area (Å²) in [6.45, 7) is 9.59. The van der Waals surface area contributed by atoms with E-state index >= 15 is 0 Å². The zero-order valence-corrected chi connectivity index (χ0v) is 20.5. The minimum Gasteiger partial charge on any atom is -0.361 e. The largest absolute Gasteiger partial charge is 0.361 e. The van der Waals surface area contributed by atoms with Gasteiger partial charge in [-0.25, -0.2) is 4.98 Å². The predicted octanol–water partition coefficient (Wildman–Crippen LogP) is 5.46. The van der Waals surface area contributed by atoms with Crippen LogP contribution in [0.4, 0.5) is 11.8 Å². The molecular weight excluding hydrogens is 414 g/mol. The van der Waals surface area contributed by atoms with Crippen molar-refractivity contribution < 1.29 is 0 Å². The third kappa shape index (κ3) is 5.58. The first-order valence-electron chi connectivity index (χ1n) is 12.1. The van der Waals surface area contributed by atoms with Crippen molar-refractivity contribution in [1.82, 2.24) is 15.3 Å². The Labute approximate surface area is 198 Å².